The topological polar surface area (TPSA) is 9.23 Å². The molecule has 0 aliphatic carbocycles. The smallest absolute Gasteiger partial charge is 0.119 e. The van der Waals surface area contributed by atoms with Gasteiger partial charge in [0, 0.05) is 0 Å². The molecular formula is C16H18O. The highest BCUT2D eigenvalue weighted by Crippen LogP contribution is 2.25. The van der Waals surface area contributed by atoms with Crippen molar-refractivity contribution in [3.8, 4) is 16.9 Å². The van der Waals surface area contributed by atoms with E-state index in [1.807, 2.05) is 26.0 Å². The van der Waals surface area contributed by atoms with Gasteiger partial charge < -0.3 is 4.74 Å². The Morgan fingerprint density at radius 3 is 2.12 bits per heavy atom. The second kappa shape index (κ2) is 5.05. The summed E-state index contributed by atoms with van der Waals surface area (Å²) in [5.41, 5.74) is 3.81. The van der Waals surface area contributed by atoms with E-state index in [0.29, 0.717) is 0 Å². The molecule has 0 heterocycles. The van der Waals surface area contributed by atoms with Crippen LogP contribution in [0, 0.1) is 6.92 Å². The van der Waals surface area contributed by atoms with Crippen LogP contribution >= 0.6 is 0 Å². The zero-order chi connectivity index (χ0) is 12.3. The zero-order valence-electron chi connectivity index (χ0n) is 10.6. The van der Waals surface area contributed by atoms with Gasteiger partial charge in [-0.3, -0.25) is 0 Å². The van der Waals surface area contributed by atoms with E-state index in [-0.39, 0.29) is 6.10 Å². The highest BCUT2D eigenvalue weighted by atomic mass is 16.5. The minimum absolute atomic E-state index is 0.222. The van der Waals surface area contributed by atoms with Crippen molar-refractivity contribution in [3.63, 3.8) is 0 Å². The Morgan fingerprint density at radius 2 is 1.53 bits per heavy atom. The van der Waals surface area contributed by atoms with Crippen molar-refractivity contribution in [1.29, 1.82) is 0 Å². The first kappa shape index (κ1) is 11.7. The number of rotatable bonds is 3. The Balaban J connectivity index is 2.27. The maximum Gasteiger partial charge on any atom is 0.119 e. The van der Waals surface area contributed by atoms with E-state index < -0.39 is 0 Å². The molecular weight excluding hydrogens is 208 g/mol. The van der Waals surface area contributed by atoms with E-state index in [1.54, 1.807) is 0 Å². The van der Waals surface area contributed by atoms with Gasteiger partial charge in [0.15, 0.2) is 0 Å². The minimum atomic E-state index is 0.222. The van der Waals surface area contributed by atoms with Crippen molar-refractivity contribution in [3.05, 3.63) is 54.1 Å². The lowest BCUT2D eigenvalue weighted by Gasteiger charge is -2.11. The number of hydrogen-bond acceptors (Lipinski definition) is 1. The standard InChI is InChI=1S/C16H18O/c1-12(2)17-15-10-8-14(9-11-15)16-7-5-4-6-13(16)3/h4-12H,1-3H3. The third-order valence-electron chi connectivity index (χ3n) is 2.68. The predicted molar refractivity (Wildman–Crippen MR) is 72.4 cm³/mol. The molecule has 17 heavy (non-hydrogen) atoms. The van der Waals surface area contributed by atoms with Crippen LogP contribution in [0.3, 0.4) is 0 Å². The first-order valence-corrected chi connectivity index (χ1v) is 5.99. The molecule has 2 rings (SSSR count). The normalized spacial score (nSPS) is 10.6. The molecule has 0 unspecified atom stereocenters. The summed E-state index contributed by atoms with van der Waals surface area (Å²) < 4.78 is 5.64. The molecule has 2 aromatic rings. The van der Waals surface area contributed by atoms with Gasteiger partial charge in [-0.2, -0.15) is 0 Å². The third-order valence-corrected chi connectivity index (χ3v) is 2.68. The molecule has 2 aromatic carbocycles. The molecule has 0 spiro atoms. The van der Waals surface area contributed by atoms with Crippen molar-refractivity contribution < 1.29 is 4.74 Å². The van der Waals surface area contributed by atoms with E-state index in [1.165, 1.54) is 16.7 Å². The summed E-state index contributed by atoms with van der Waals surface area (Å²) in [6.07, 6.45) is 0.222. The van der Waals surface area contributed by atoms with Crippen LogP contribution in [0.1, 0.15) is 19.4 Å². The van der Waals surface area contributed by atoms with Crippen LogP contribution in [0.4, 0.5) is 0 Å². The molecule has 0 amide bonds. The summed E-state index contributed by atoms with van der Waals surface area (Å²) in [7, 11) is 0. The number of aryl methyl sites for hydroxylation is 1. The van der Waals surface area contributed by atoms with Crippen LogP contribution in [-0.4, -0.2) is 6.10 Å². The monoisotopic (exact) mass is 226 g/mol. The van der Waals surface area contributed by atoms with E-state index >= 15 is 0 Å². The van der Waals surface area contributed by atoms with Crippen LogP contribution in [0.5, 0.6) is 5.75 Å². The molecule has 1 heteroatoms. The number of ether oxygens (including phenoxy) is 1. The maximum atomic E-state index is 5.64. The Bertz CT molecular complexity index is 483. The Hall–Kier alpha value is -1.76. The second-order valence-corrected chi connectivity index (χ2v) is 4.51. The van der Waals surface area contributed by atoms with Crippen molar-refractivity contribution in [2.45, 2.75) is 26.9 Å². The van der Waals surface area contributed by atoms with Gasteiger partial charge in [-0.15, -0.1) is 0 Å². The summed E-state index contributed by atoms with van der Waals surface area (Å²) in [5, 5.41) is 0. The second-order valence-electron chi connectivity index (χ2n) is 4.51. The van der Waals surface area contributed by atoms with Gasteiger partial charge in [-0.1, -0.05) is 36.4 Å². The summed E-state index contributed by atoms with van der Waals surface area (Å²) in [6.45, 7) is 6.21. The molecule has 0 aromatic heterocycles. The van der Waals surface area contributed by atoms with Crippen LogP contribution in [0.25, 0.3) is 11.1 Å². The molecule has 0 fully saturated rings. The highest BCUT2D eigenvalue weighted by molar-refractivity contribution is 5.67. The van der Waals surface area contributed by atoms with E-state index in [2.05, 4.69) is 43.3 Å². The SMILES string of the molecule is Cc1ccccc1-c1ccc(OC(C)C)cc1. The van der Waals surface area contributed by atoms with Gasteiger partial charge in [-0.05, 0) is 49.6 Å². The Morgan fingerprint density at radius 1 is 0.882 bits per heavy atom. The van der Waals surface area contributed by atoms with Gasteiger partial charge in [0.2, 0.25) is 0 Å². The zero-order valence-corrected chi connectivity index (χ0v) is 10.6. The van der Waals surface area contributed by atoms with Crippen LogP contribution in [-0.2, 0) is 0 Å². The van der Waals surface area contributed by atoms with E-state index in [4.69, 9.17) is 4.74 Å². The van der Waals surface area contributed by atoms with Crippen molar-refractivity contribution in [2.24, 2.45) is 0 Å². The van der Waals surface area contributed by atoms with Crippen LogP contribution < -0.4 is 4.74 Å². The molecule has 0 radical (unpaired) electrons. The van der Waals surface area contributed by atoms with Gasteiger partial charge in [0.1, 0.15) is 5.75 Å². The average molecular weight is 226 g/mol. The summed E-state index contributed by atoms with van der Waals surface area (Å²) >= 11 is 0. The van der Waals surface area contributed by atoms with Crippen molar-refractivity contribution >= 4 is 0 Å². The molecule has 0 aliphatic heterocycles. The molecule has 88 valence electrons. The fraction of sp³-hybridized carbons (Fsp3) is 0.250. The average Bonchev–Trinajstić information content (AvgIpc) is 2.30. The quantitative estimate of drug-likeness (QED) is 0.751. The van der Waals surface area contributed by atoms with E-state index in [9.17, 15) is 0 Å². The van der Waals surface area contributed by atoms with Gasteiger partial charge in [0.25, 0.3) is 0 Å². The van der Waals surface area contributed by atoms with Gasteiger partial charge in [-0.25, -0.2) is 0 Å². The molecule has 0 saturated heterocycles. The lowest BCUT2D eigenvalue weighted by molar-refractivity contribution is 0.242. The number of benzene rings is 2. The highest BCUT2D eigenvalue weighted by Gasteiger charge is 2.02. The summed E-state index contributed by atoms with van der Waals surface area (Å²) in [6, 6.07) is 16.7. The van der Waals surface area contributed by atoms with Crippen LogP contribution in [0.15, 0.2) is 48.5 Å². The molecule has 0 bridgehead atoms. The number of hydrogen-bond donors (Lipinski definition) is 0. The van der Waals surface area contributed by atoms with E-state index in [0.717, 1.165) is 5.75 Å². The van der Waals surface area contributed by atoms with Crippen molar-refractivity contribution in [1.82, 2.24) is 0 Å². The molecule has 0 atom stereocenters. The predicted octanol–water partition coefficient (Wildman–Crippen LogP) is 4.45. The first-order valence-electron chi connectivity index (χ1n) is 5.99. The fourth-order valence-electron chi connectivity index (χ4n) is 1.88. The maximum absolute atomic E-state index is 5.64. The van der Waals surface area contributed by atoms with Gasteiger partial charge >= 0.3 is 0 Å². The van der Waals surface area contributed by atoms with Gasteiger partial charge in [0.05, 0.1) is 6.10 Å². The van der Waals surface area contributed by atoms with Crippen molar-refractivity contribution in [2.75, 3.05) is 0 Å². The molecule has 1 nitrogen and oxygen atoms in total. The first-order chi connectivity index (χ1) is 8.16. The molecule has 0 aliphatic rings. The minimum Gasteiger partial charge on any atom is -0.491 e. The largest absolute Gasteiger partial charge is 0.491 e. The molecule has 0 N–H and O–H groups in total. The fourth-order valence-corrected chi connectivity index (χ4v) is 1.88. The summed E-state index contributed by atoms with van der Waals surface area (Å²) in [5.74, 6) is 0.928. The van der Waals surface area contributed by atoms with Crippen LogP contribution in [0.2, 0.25) is 0 Å². The Labute approximate surface area is 103 Å². The third kappa shape index (κ3) is 2.88. The lowest BCUT2D eigenvalue weighted by atomic mass is 10.0. The Kier molecular flexibility index (Phi) is 3.48. The lowest BCUT2D eigenvalue weighted by Crippen LogP contribution is -2.05. The summed E-state index contributed by atoms with van der Waals surface area (Å²) in [4.78, 5) is 0. The molecule has 0 saturated carbocycles.